The van der Waals surface area contributed by atoms with Crippen molar-refractivity contribution in [3.63, 3.8) is 0 Å². The third kappa shape index (κ3) is 3.48. The van der Waals surface area contributed by atoms with Crippen LogP contribution >= 0.6 is 11.3 Å². The smallest absolute Gasteiger partial charge is 0.0703 e. The van der Waals surface area contributed by atoms with Gasteiger partial charge in [-0.1, -0.05) is 12.1 Å². The zero-order valence-corrected chi connectivity index (χ0v) is 15.6. The lowest BCUT2D eigenvalue weighted by molar-refractivity contribution is 0.221. The second-order valence-corrected chi connectivity index (χ2v) is 7.68. The van der Waals surface area contributed by atoms with Gasteiger partial charge in [0.1, 0.15) is 0 Å². The quantitative estimate of drug-likeness (QED) is 0.766. The van der Waals surface area contributed by atoms with Crippen LogP contribution in [0.1, 0.15) is 18.1 Å². The first-order chi connectivity index (χ1) is 12.2. The average Bonchev–Trinajstić information content (AvgIpc) is 3.26. The maximum Gasteiger partial charge on any atom is 0.0703 e. The van der Waals surface area contributed by atoms with Gasteiger partial charge in [0.05, 0.1) is 11.9 Å². The Morgan fingerprint density at radius 1 is 1.28 bits per heavy atom. The van der Waals surface area contributed by atoms with Crippen LogP contribution in [0.15, 0.2) is 47.3 Å². The Kier molecular flexibility index (Phi) is 4.59. The first-order valence-corrected chi connectivity index (χ1v) is 9.75. The second kappa shape index (κ2) is 7.02. The Labute approximate surface area is 153 Å². The number of hydrogen-bond donors (Lipinski definition) is 1. The summed E-state index contributed by atoms with van der Waals surface area (Å²) in [5.74, 6) is 0. The van der Waals surface area contributed by atoms with Crippen LogP contribution in [0.4, 0.5) is 5.69 Å². The fraction of sp³-hybridized carbons (Fsp3) is 0.350. The number of rotatable bonds is 4. The summed E-state index contributed by atoms with van der Waals surface area (Å²) in [5.41, 5.74) is 6.36. The molecule has 1 aliphatic rings. The lowest BCUT2D eigenvalue weighted by Gasteiger charge is -2.41. The van der Waals surface area contributed by atoms with E-state index in [1.165, 1.54) is 22.4 Å². The second-order valence-electron chi connectivity index (χ2n) is 6.90. The number of aryl methyl sites for hydroxylation is 1. The van der Waals surface area contributed by atoms with E-state index in [-0.39, 0.29) is 0 Å². The van der Waals surface area contributed by atoms with Gasteiger partial charge in [-0.05, 0) is 43.0 Å². The van der Waals surface area contributed by atoms with Crippen LogP contribution in [-0.4, -0.2) is 40.8 Å². The number of nitrogens with zero attached hydrogens (tertiary/aromatic N) is 3. The summed E-state index contributed by atoms with van der Waals surface area (Å²) in [6.45, 7) is 8.65. The van der Waals surface area contributed by atoms with E-state index >= 15 is 0 Å². The number of nitrogens with one attached hydrogen (secondary N) is 1. The van der Waals surface area contributed by atoms with Crippen LogP contribution in [0.5, 0.6) is 0 Å². The Balaban J connectivity index is 1.44. The topological polar surface area (TPSA) is 35.2 Å². The molecule has 1 aromatic carbocycles. The van der Waals surface area contributed by atoms with Crippen molar-refractivity contribution in [3.8, 4) is 11.3 Å². The molecule has 4 nitrogen and oxygen atoms in total. The number of aromatic nitrogens is 2. The number of thiophene rings is 1. The molecule has 3 aromatic rings. The molecular formula is C20H24N4S. The predicted molar refractivity (Wildman–Crippen MR) is 105 cm³/mol. The highest BCUT2D eigenvalue weighted by Gasteiger charge is 2.25. The summed E-state index contributed by atoms with van der Waals surface area (Å²) in [4.78, 5) is 5.07. The van der Waals surface area contributed by atoms with E-state index in [0.29, 0.717) is 6.04 Å². The lowest BCUT2D eigenvalue weighted by atomic mass is 10.1. The molecule has 5 heteroatoms. The zero-order chi connectivity index (χ0) is 17.2. The maximum absolute atomic E-state index is 4.28. The van der Waals surface area contributed by atoms with Crippen molar-refractivity contribution in [1.29, 1.82) is 0 Å². The molecule has 1 saturated heterocycles. The Bertz CT molecular complexity index is 824. The van der Waals surface area contributed by atoms with Gasteiger partial charge in [-0.15, -0.1) is 0 Å². The number of aromatic amines is 1. The first-order valence-electron chi connectivity index (χ1n) is 8.81. The molecule has 0 aliphatic carbocycles. The van der Waals surface area contributed by atoms with Crippen molar-refractivity contribution in [2.75, 3.05) is 24.5 Å². The Morgan fingerprint density at radius 2 is 2.20 bits per heavy atom. The fourth-order valence-electron chi connectivity index (χ4n) is 3.70. The van der Waals surface area contributed by atoms with E-state index in [0.717, 1.165) is 31.9 Å². The number of piperazine rings is 1. The lowest BCUT2D eigenvalue weighted by Crippen LogP contribution is -2.51. The molecule has 0 amide bonds. The average molecular weight is 353 g/mol. The minimum Gasteiger partial charge on any atom is -0.366 e. The SMILES string of the molecule is Cc1cccc(N2CCN(Cc3cn[nH]c3-c3ccsc3)CC2C)c1. The molecule has 25 heavy (non-hydrogen) atoms. The van der Waals surface area contributed by atoms with Gasteiger partial charge in [0.2, 0.25) is 0 Å². The molecule has 1 atom stereocenters. The van der Waals surface area contributed by atoms with Crippen LogP contribution < -0.4 is 4.90 Å². The van der Waals surface area contributed by atoms with Crippen LogP contribution in [0.2, 0.25) is 0 Å². The molecular weight excluding hydrogens is 328 g/mol. The van der Waals surface area contributed by atoms with E-state index in [1.54, 1.807) is 11.3 Å². The van der Waals surface area contributed by atoms with Crippen molar-refractivity contribution >= 4 is 17.0 Å². The molecule has 4 rings (SSSR count). The van der Waals surface area contributed by atoms with Crippen molar-refractivity contribution in [3.05, 3.63) is 58.4 Å². The van der Waals surface area contributed by atoms with Crippen molar-refractivity contribution in [2.24, 2.45) is 0 Å². The zero-order valence-electron chi connectivity index (χ0n) is 14.8. The van der Waals surface area contributed by atoms with E-state index in [1.807, 2.05) is 6.20 Å². The molecule has 0 saturated carbocycles. The van der Waals surface area contributed by atoms with Gasteiger partial charge in [0.25, 0.3) is 0 Å². The first kappa shape index (κ1) is 16.4. The van der Waals surface area contributed by atoms with Gasteiger partial charge in [-0.3, -0.25) is 10.00 Å². The van der Waals surface area contributed by atoms with Crippen LogP contribution in [-0.2, 0) is 6.54 Å². The summed E-state index contributed by atoms with van der Waals surface area (Å²) in [5, 5.41) is 11.7. The van der Waals surface area contributed by atoms with E-state index in [2.05, 4.69) is 74.9 Å². The summed E-state index contributed by atoms with van der Waals surface area (Å²) >= 11 is 1.72. The van der Waals surface area contributed by atoms with Gasteiger partial charge < -0.3 is 4.90 Å². The normalized spacial score (nSPS) is 18.6. The molecule has 3 heterocycles. The number of benzene rings is 1. The van der Waals surface area contributed by atoms with Crippen molar-refractivity contribution < 1.29 is 0 Å². The fourth-order valence-corrected chi connectivity index (χ4v) is 4.34. The number of hydrogen-bond acceptors (Lipinski definition) is 4. The van der Waals surface area contributed by atoms with E-state index in [9.17, 15) is 0 Å². The molecule has 1 unspecified atom stereocenters. The highest BCUT2D eigenvalue weighted by Crippen LogP contribution is 2.26. The third-order valence-electron chi connectivity index (χ3n) is 4.97. The standard InChI is InChI=1S/C20H24N4S/c1-15-4-3-5-19(10-15)24-8-7-23(12-16(24)2)13-18-11-21-22-20(18)17-6-9-25-14-17/h3-6,9-11,14,16H,7-8,12-13H2,1-2H3,(H,21,22). The highest BCUT2D eigenvalue weighted by atomic mass is 32.1. The van der Waals surface area contributed by atoms with E-state index < -0.39 is 0 Å². The molecule has 0 bridgehead atoms. The van der Waals surface area contributed by atoms with Crippen LogP contribution in [0, 0.1) is 6.92 Å². The largest absolute Gasteiger partial charge is 0.366 e. The maximum atomic E-state index is 4.28. The molecule has 0 spiro atoms. The predicted octanol–water partition coefficient (Wildman–Crippen LogP) is 4.16. The molecule has 130 valence electrons. The molecule has 1 aliphatic heterocycles. The molecule has 1 N–H and O–H groups in total. The summed E-state index contributed by atoms with van der Waals surface area (Å²) < 4.78 is 0. The van der Waals surface area contributed by atoms with Gasteiger partial charge in [-0.25, -0.2) is 0 Å². The third-order valence-corrected chi connectivity index (χ3v) is 5.65. The van der Waals surface area contributed by atoms with Gasteiger partial charge in [0.15, 0.2) is 0 Å². The Hall–Kier alpha value is -2.11. The monoisotopic (exact) mass is 352 g/mol. The van der Waals surface area contributed by atoms with Crippen molar-refractivity contribution in [1.82, 2.24) is 15.1 Å². The van der Waals surface area contributed by atoms with Crippen molar-refractivity contribution in [2.45, 2.75) is 26.4 Å². The summed E-state index contributed by atoms with van der Waals surface area (Å²) in [6.07, 6.45) is 1.98. The minimum absolute atomic E-state index is 0.507. The van der Waals surface area contributed by atoms with Gasteiger partial charge >= 0.3 is 0 Å². The highest BCUT2D eigenvalue weighted by molar-refractivity contribution is 7.08. The van der Waals surface area contributed by atoms with Crippen LogP contribution in [0.25, 0.3) is 11.3 Å². The van der Waals surface area contributed by atoms with Gasteiger partial charge in [0, 0.05) is 54.4 Å². The van der Waals surface area contributed by atoms with Crippen LogP contribution in [0.3, 0.4) is 0 Å². The summed E-state index contributed by atoms with van der Waals surface area (Å²) in [6, 6.07) is 11.5. The Morgan fingerprint density at radius 3 is 2.96 bits per heavy atom. The molecule has 2 aromatic heterocycles. The molecule has 1 fully saturated rings. The minimum atomic E-state index is 0.507. The molecule has 0 radical (unpaired) electrons. The van der Waals surface area contributed by atoms with Gasteiger partial charge in [-0.2, -0.15) is 16.4 Å². The number of anilines is 1. The number of H-pyrrole nitrogens is 1. The summed E-state index contributed by atoms with van der Waals surface area (Å²) in [7, 11) is 0. The van der Waals surface area contributed by atoms with E-state index in [4.69, 9.17) is 0 Å².